The van der Waals surface area contributed by atoms with Crippen LogP contribution in [-0.2, 0) is 27.1 Å². The third-order valence-corrected chi connectivity index (χ3v) is 31.4. The minimum absolute atomic E-state index is 0.125. The maximum atomic E-state index is 2.51. The summed E-state index contributed by atoms with van der Waals surface area (Å²) in [6.07, 6.45) is 0. The maximum Gasteiger partial charge on any atom is 0.0488 e. The van der Waals surface area contributed by atoms with Crippen LogP contribution in [0.25, 0.3) is 122 Å². The van der Waals surface area contributed by atoms with Crippen molar-refractivity contribution in [2.24, 2.45) is 0 Å². The highest BCUT2D eigenvalue weighted by Gasteiger charge is 2.42. The molecule has 0 saturated carbocycles. The molecular formula is C135H106N4. The first-order valence-electron chi connectivity index (χ1n) is 49.1. The molecule has 0 spiro atoms. The predicted molar refractivity (Wildman–Crippen MR) is 586 cm³/mol. The number of fused-ring (bicyclic) bond motifs is 15. The molecule has 666 valence electrons. The molecule has 20 aromatic carbocycles. The zero-order chi connectivity index (χ0) is 94.0. The molecule has 0 bridgehead atoms. The van der Waals surface area contributed by atoms with Crippen LogP contribution in [0.5, 0.6) is 0 Å². The van der Waals surface area contributed by atoms with Crippen LogP contribution in [0.1, 0.15) is 125 Å². The van der Waals surface area contributed by atoms with Gasteiger partial charge in [-0.2, -0.15) is 0 Å². The van der Waals surface area contributed by atoms with Crippen molar-refractivity contribution < 1.29 is 0 Å². The van der Waals surface area contributed by atoms with Crippen LogP contribution >= 0.6 is 0 Å². The molecule has 0 heterocycles. The first-order chi connectivity index (χ1) is 67.6. The van der Waals surface area contributed by atoms with Gasteiger partial charge in [0.1, 0.15) is 0 Å². The Morgan fingerprint density at radius 2 is 0.259 bits per heavy atom. The molecule has 139 heavy (non-hydrogen) atoms. The highest BCUT2D eigenvalue weighted by atomic mass is 15.2. The Hall–Kier alpha value is -16.4. The van der Waals surface area contributed by atoms with Crippen molar-refractivity contribution in [3.8, 4) is 122 Å². The van der Waals surface area contributed by atoms with E-state index in [2.05, 4.69) is 550 Å². The second-order valence-electron chi connectivity index (χ2n) is 41.2. The summed E-state index contributed by atoms with van der Waals surface area (Å²) in [6, 6.07) is 174. The minimum atomic E-state index is -0.447. The zero-order valence-electron chi connectivity index (χ0n) is 80.2. The Kier molecular flexibility index (Phi) is 19.7. The topological polar surface area (TPSA) is 13.0 Å². The summed E-state index contributed by atoms with van der Waals surface area (Å²) in [5, 5.41) is 0. The lowest BCUT2D eigenvalue weighted by Crippen LogP contribution is -2.15. The molecule has 25 rings (SSSR count). The number of hydrogen-bond donors (Lipinski definition) is 0. The summed E-state index contributed by atoms with van der Waals surface area (Å²) in [6.45, 7) is 23.8. The molecule has 0 amide bonds. The molecule has 0 N–H and O–H groups in total. The van der Waals surface area contributed by atoms with E-state index in [0.29, 0.717) is 0 Å². The van der Waals surface area contributed by atoms with E-state index in [9.17, 15) is 0 Å². The summed E-state index contributed by atoms with van der Waals surface area (Å²) < 4.78 is 0. The Morgan fingerprint density at radius 1 is 0.108 bits per heavy atom. The van der Waals surface area contributed by atoms with E-state index in [-0.39, 0.29) is 21.7 Å². The monoisotopic (exact) mass is 1780 g/mol. The molecule has 5 aliphatic rings. The number of para-hydroxylation sites is 4. The second-order valence-corrected chi connectivity index (χ2v) is 41.2. The van der Waals surface area contributed by atoms with Gasteiger partial charge in [-0.3, -0.25) is 0 Å². The van der Waals surface area contributed by atoms with Gasteiger partial charge >= 0.3 is 0 Å². The number of rotatable bonds is 18. The van der Waals surface area contributed by atoms with E-state index in [0.717, 1.165) is 90.5 Å². The van der Waals surface area contributed by atoms with E-state index < -0.39 is 5.41 Å². The average molecular weight is 1780 g/mol. The van der Waals surface area contributed by atoms with Gasteiger partial charge in [-0.1, -0.05) is 360 Å². The molecule has 0 unspecified atom stereocenters. The van der Waals surface area contributed by atoms with Gasteiger partial charge in [-0.15, -0.1) is 0 Å². The first-order valence-corrected chi connectivity index (χ1v) is 49.1. The van der Waals surface area contributed by atoms with Crippen LogP contribution in [0.3, 0.4) is 0 Å². The Morgan fingerprint density at radius 3 is 0.460 bits per heavy atom. The fourth-order valence-corrected chi connectivity index (χ4v) is 24.0. The van der Waals surface area contributed by atoms with Gasteiger partial charge in [-0.25, -0.2) is 0 Å². The summed E-state index contributed by atoms with van der Waals surface area (Å²) in [5.74, 6) is 0. The molecule has 0 aromatic heterocycles. The highest BCUT2D eigenvalue weighted by Crippen LogP contribution is 2.58. The van der Waals surface area contributed by atoms with Crippen LogP contribution in [0.2, 0.25) is 0 Å². The van der Waals surface area contributed by atoms with Crippen LogP contribution < -0.4 is 19.6 Å². The third-order valence-electron chi connectivity index (χ3n) is 31.4. The summed E-state index contributed by atoms with van der Waals surface area (Å²) in [5.41, 5.74) is 52.1. The second kappa shape index (κ2) is 32.4. The van der Waals surface area contributed by atoms with Gasteiger partial charge < -0.3 is 19.6 Å². The zero-order valence-corrected chi connectivity index (χ0v) is 80.2. The third kappa shape index (κ3) is 13.9. The van der Waals surface area contributed by atoms with Crippen molar-refractivity contribution in [1.82, 2.24) is 0 Å². The molecule has 0 fully saturated rings. The molecule has 20 aromatic rings. The molecular weight excluding hydrogens is 1680 g/mol. The smallest absolute Gasteiger partial charge is 0.0488 e. The van der Waals surface area contributed by atoms with E-state index in [1.165, 1.54) is 156 Å². The Balaban J connectivity index is 0.618. The number of anilines is 12. The summed E-state index contributed by atoms with van der Waals surface area (Å²) in [4.78, 5) is 9.79. The number of nitrogens with zero attached hydrogens (tertiary/aromatic N) is 4. The fraction of sp³-hybridized carbons (Fsp3) is 0.111. The van der Waals surface area contributed by atoms with E-state index in [4.69, 9.17) is 0 Å². The standard InChI is InChI=1S/C135H106N4/c1-131(2)121-43-27-23-39-111(121)115-69-55-91(79-125(115)131)87-47-61-103(62-48-87)136(99-31-15-11-16-32-99)107-75-97(76-108(85-107)137(100-33-17-12-18-34-100)104-63-49-88(50-64-104)92-56-70-116-112-40-24-28-44-122(112)132(3,4)126(116)80-92)95-59-73-119-120-74-60-96(84-130(120)135(9,10)129(119)83-95)98-77-109(138(101-35-19-13-20-36-101)105-65-51-89(52-66-105)93-57-71-117-113-41-25-29-45-123(113)133(5,6)127(117)81-93)86-110(78-98)139(102-37-21-14-22-38-102)106-67-53-90(54-68-106)94-58-72-118-114-42-26-30-46-124(114)134(7,8)128(118)82-94/h11-86H,1-10H3. The van der Waals surface area contributed by atoms with Crippen molar-refractivity contribution in [3.05, 3.63) is 517 Å². The van der Waals surface area contributed by atoms with Crippen LogP contribution in [0, 0.1) is 0 Å². The predicted octanol–water partition coefficient (Wildman–Crippen LogP) is 37.1. The molecule has 5 aliphatic carbocycles. The van der Waals surface area contributed by atoms with E-state index in [1.54, 1.807) is 0 Å². The SMILES string of the molecule is CC1(C)c2ccccc2-c2ccc(-c3ccc(N(c4ccccc4)c4cc(-c5ccc6c(c5)C(C)(C)c5cc(-c7cc(N(c8ccccc8)c8ccc(-c9ccc%10c(c9)C(C)(C)c9ccccc9-%10)cc8)cc(N(c8ccccc8)c8ccc(-c9ccc%10c(c9)C(C)(C)c9ccccc9-%10)cc8)c7)ccc5-6)cc(N(c5ccccc5)c5ccc(-c6ccc7c(c6)C(C)(C)c6ccccc6-7)cc5)c4)cc3)cc21. The molecule has 0 saturated heterocycles. The normalized spacial score (nSPS) is 14.3. The maximum absolute atomic E-state index is 2.51. The lowest BCUT2D eigenvalue weighted by Gasteiger charge is -2.31. The van der Waals surface area contributed by atoms with E-state index in [1.807, 2.05) is 0 Å². The molecule has 0 radical (unpaired) electrons. The van der Waals surface area contributed by atoms with Crippen molar-refractivity contribution in [1.29, 1.82) is 0 Å². The molecule has 4 nitrogen and oxygen atoms in total. The summed E-state index contributed by atoms with van der Waals surface area (Å²) in [7, 11) is 0. The largest absolute Gasteiger partial charge is 0.310 e. The van der Waals surface area contributed by atoms with Crippen molar-refractivity contribution in [2.75, 3.05) is 19.6 Å². The Bertz CT molecular complexity index is 7380. The highest BCUT2D eigenvalue weighted by molar-refractivity contribution is 5.97. The average Bonchev–Trinajstić information content (AvgIpc) is 1.58. The van der Waals surface area contributed by atoms with Crippen molar-refractivity contribution in [2.45, 2.75) is 96.3 Å². The van der Waals surface area contributed by atoms with Crippen LogP contribution in [-0.4, -0.2) is 0 Å². The molecule has 4 heteroatoms. The van der Waals surface area contributed by atoms with Gasteiger partial charge in [0.2, 0.25) is 0 Å². The van der Waals surface area contributed by atoms with Gasteiger partial charge in [0.05, 0.1) is 0 Å². The number of benzene rings is 20. The van der Waals surface area contributed by atoms with Crippen LogP contribution in [0.15, 0.2) is 461 Å². The minimum Gasteiger partial charge on any atom is -0.310 e. The fourth-order valence-electron chi connectivity index (χ4n) is 24.0. The van der Waals surface area contributed by atoms with Crippen LogP contribution in [0.4, 0.5) is 68.2 Å². The van der Waals surface area contributed by atoms with Crippen molar-refractivity contribution in [3.63, 3.8) is 0 Å². The first kappa shape index (κ1) is 84.4. The van der Waals surface area contributed by atoms with Gasteiger partial charge in [0.25, 0.3) is 0 Å². The quantitative estimate of drug-likeness (QED) is 0.0849. The van der Waals surface area contributed by atoms with Crippen molar-refractivity contribution >= 4 is 68.2 Å². The number of hydrogen-bond acceptors (Lipinski definition) is 4. The lowest BCUT2D eigenvalue weighted by molar-refractivity contribution is 0.660. The van der Waals surface area contributed by atoms with Gasteiger partial charge in [-0.05, 0) is 348 Å². The Labute approximate surface area is 817 Å². The lowest BCUT2D eigenvalue weighted by atomic mass is 9.80. The van der Waals surface area contributed by atoms with Gasteiger partial charge in [0.15, 0.2) is 0 Å². The molecule has 0 aliphatic heterocycles. The van der Waals surface area contributed by atoms with Gasteiger partial charge in [0, 0.05) is 95.3 Å². The van der Waals surface area contributed by atoms with E-state index >= 15 is 0 Å². The summed E-state index contributed by atoms with van der Waals surface area (Å²) >= 11 is 0. The molecule has 0 atom stereocenters.